The number of fused-ring (bicyclic) bond motifs is 1. The number of hydrogen-bond acceptors (Lipinski definition) is 10. The van der Waals surface area contributed by atoms with Gasteiger partial charge in [0.05, 0.1) is 38.7 Å². The predicted octanol–water partition coefficient (Wildman–Crippen LogP) is 6.14. The van der Waals surface area contributed by atoms with Crippen LogP contribution in [0.4, 0.5) is 18.3 Å². The summed E-state index contributed by atoms with van der Waals surface area (Å²) in [5, 5.41) is 2.73. The molecule has 0 aliphatic carbocycles. The lowest BCUT2D eigenvalue weighted by molar-refractivity contribution is -0.274. The number of carbonyl (C=O) groups excluding carboxylic acids is 2. The molecule has 0 aliphatic heterocycles. The van der Waals surface area contributed by atoms with Crippen LogP contribution in [0.3, 0.4) is 0 Å². The third-order valence-electron chi connectivity index (χ3n) is 5.76. The quantitative estimate of drug-likeness (QED) is 0.148. The molecule has 4 rings (SSSR count). The van der Waals surface area contributed by atoms with Gasteiger partial charge in [0, 0.05) is 11.6 Å². The fourth-order valence-corrected chi connectivity index (χ4v) is 4.72. The molecule has 0 saturated heterocycles. The van der Waals surface area contributed by atoms with Crippen LogP contribution in [-0.2, 0) is 4.79 Å². The molecule has 3 aromatic carbocycles. The van der Waals surface area contributed by atoms with E-state index in [1.165, 1.54) is 52.7 Å². The van der Waals surface area contributed by atoms with Crippen LogP contribution in [0.15, 0.2) is 54.6 Å². The summed E-state index contributed by atoms with van der Waals surface area (Å²) in [6, 6.07) is 11.7. The van der Waals surface area contributed by atoms with Crippen LogP contribution >= 0.6 is 11.3 Å². The minimum atomic E-state index is -4.83. The lowest BCUT2D eigenvalue weighted by Crippen LogP contribution is -2.20. The number of allylic oxidation sites excluding steroid dienone is 1. The molecule has 0 fully saturated rings. The van der Waals surface area contributed by atoms with Gasteiger partial charge in [-0.3, -0.25) is 14.9 Å². The number of thiazole rings is 1. The van der Waals surface area contributed by atoms with Crippen LogP contribution in [-0.4, -0.2) is 58.1 Å². The van der Waals surface area contributed by atoms with E-state index in [4.69, 9.17) is 23.7 Å². The molecule has 10 nitrogen and oxygen atoms in total. The molecule has 0 saturated carbocycles. The lowest BCUT2D eigenvalue weighted by Gasteiger charge is -2.13. The maximum absolute atomic E-state index is 12.9. The molecule has 0 spiro atoms. The Morgan fingerprint density at radius 2 is 1.58 bits per heavy atom. The second-order valence-corrected chi connectivity index (χ2v) is 9.59. The van der Waals surface area contributed by atoms with Crippen LogP contribution in [0, 0.1) is 0 Å². The fraction of sp³-hybridized carbons (Fsp3) is 0.207. The van der Waals surface area contributed by atoms with E-state index in [1.54, 1.807) is 24.3 Å². The van der Waals surface area contributed by atoms with Gasteiger partial charge in [-0.25, -0.2) is 4.98 Å². The lowest BCUT2D eigenvalue weighted by atomic mass is 10.1. The SMILES string of the molecule is COc1ccc(C=CC(=O)c2cc(OC)c(OC)c(OC)c2)cc1OCC(=O)Nc1nc2cc(OC(F)(F)F)ccc2s1. The van der Waals surface area contributed by atoms with Crippen LogP contribution in [0.5, 0.6) is 34.5 Å². The molecule has 1 N–H and O–H groups in total. The van der Waals surface area contributed by atoms with E-state index in [0.717, 1.165) is 23.5 Å². The average Bonchev–Trinajstić information content (AvgIpc) is 3.38. The number of alkyl halides is 3. The van der Waals surface area contributed by atoms with E-state index in [2.05, 4.69) is 15.0 Å². The molecule has 1 aromatic heterocycles. The Labute approximate surface area is 247 Å². The summed E-state index contributed by atoms with van der Waals surface area (Å²) in [6.07, 6.45) is -1.91. The van der Waals surface area contributed by atoms with Gasteiger partial charge >= 0.3 is 6.36 Å². The van der Waals surface area contributed by atoms with Crippen LogP contribution in [0.1, 0.15) is 15.9 Å². The summed E-state index contributed by atoms with van der Waals surface area (Å²) in [5.41, 5.74) is 1.12. The Morgan fingerprint density at radius 1 is 0.884 bits per heavy atom. The van der Waals surface area contributed by atoms with Crippen molar-refractivity contribution < 1.29 is 51.2 Å². The molecule has 43 heavy (non-hydrogen) atoms. The number of benzene rings is 3. The number of aromatic nitrogens is 1. The van der Waals surface area contributed by atoms with E-state index < -0.39 is 24.6 Å². The first-order valence-electron chi connectivity index (χ1n) is 12.3. The average molecular weight is 619 g/mol. The summed E-state index contributed by atoms with van der Waals surface area (Å²) in [4.78, 5) is 29.6. The molecule has 226 valence electrons. The Hall–Kier alpha value is -4.98. The summed E-state index contributed by atoms with van der Waals surface area (Å²) in [6.45, 7) is -0.424. The van der Waals surface area contributed by atoms with E-state index in [9.17, 15) is 22.8 Å². The maximum atomic E-state index is 12.9. The first-order chi connectivity index (χ1) is 20.5. The van der Waals surface area contributed by atoms with E-state index in [-0.39, 0.29) is 22.2 Å². The van der Waals surface area contributed by atoms with E-state index in [0.29, 0.717) is 38.8 Å². The third-order valence-corrected chi connectivity index (χ3v) is 6.71. The fourth-order valence-electron chi connectivity index (χ4n) is 3.86. The van der Waals surface area contributed by atoms with Crippen molar-refractivity contribution in [1.29, 1.82) is 0 Å². The van der Waals surface area contributed by atoms with Gasteiger partial charge in [0.25, 0.3) is 5.91 Å². The molecule has 1 amide bonds. The van der Waals surface area contributed by atoms with Crippen molar-refractivity contribution in [3.05, 3.63) is 65.7 Å². The Bertz CT molecular complexity index is 1640. The molecule has 1 heterocycles. The van der Waals surface area contributed by atoms with Gasteiger partial charge < -0.3 is 28.4 Å². The van der Waals surface area contributed by atoms with Gasteiger partial charge in [0.1, 0.15) is 5.75 Å². The van der Waals surface area contributed by atoms with Crippen molar-refractivity contribution in [2.24, 2.45) is 0 Å². The molecule has 0 atom stereocenters. The van der Waals surface area contributed by atoms with E-state index in [1.807, 2.05) is 0 Å². The standard InChI is InChI=1S/C29H25F3N2O8S/c1-37-21-9-6-16(5-8-20(35)17-12-23(38-2)27(40-4)24(13-17)39-3)11-22(21)41-15-26(36)34-28-33-19-14-18(42-29(30,31)32)7-10-25(19)43-28/h5-14H,15H2,1-4H3,(H,33,34,36). The maximum Gasteiger partial charge on any atom is 0.573 e. The van der Waals surface area contributed by atoms with Crippen LogP contribution < -0.4 is 33.7 Å². The number of nitrogens with zero attached hydrogens (tertiary/aromatic N) is 1. The van der Waals surface area contributed by atoms with Gasteiger partial charge in [-0.1, -0.05) is 23.5 Å². The summed E-state index contributed by atoms with van der Waals surface area (Å²) in [7, 11) is 5.80. The second-order valence-electron chi connectivity index (χ2n) is 8.56. The largest absolute Gasteiger partial charge is 0.573 e. The zero-order chi connectivity index (χ0) is 31.1. The number of methoxy groups -OCH3 is 4. The van der Waals surface area contributed by atoms with Gasteiger partial charge in [-0.2, -0.15) is 0 Å². The highest BCUT2D eigenvalue weighted by atomic mass is 32.1. The van der Waals surface area contributed by atoms with Gasteiger partial charge in [-0.05, 0) is 48.0 Å². The number of hydrogen-bond donors (Lipinski definition) is 1. The Balaban J connectivity index is 1.43. The number of nitrogens with one attached hydrogen (secondary N) is 1. The summed E-state index contributed by atoms with van der Waals surface area (Å²) >= 11 is 1.07. The highest BCUT2D eigenvalue weighted by Gasteiger charge is 2.31. The Morgan fingerprint density at radius 3 is 2.21 bits per heavy atom. The molecule has 0 radical (unpaired) electrons. The summed E-state index contributed by atoms with van der Waals surface area (Å²) in [5.74, 6) is 0.302. The number of carbonyl (C=O) groups is 2. The highest BCUT2D eigenvalue weighted by Crippen LogP contribution is 2.38. The molecule has 0 unspecified atom stereocenters. The number of ketones is 1. The van der Waals surface area contributed by atoms with Crippen LogP contribution in [0.25, 0.3) is 16.3 Å². The molecular weight excluding hydrogens is 593 g/mol. The zero-order valence-corrected chi connectivity index (χ0v) is 24.1. The molecular formula is C29H25F3N2O8S. The first kappa shape index (κ1) is 31.0. The van der Waals surface area contributed by atoms with Crippen molar-refractivity contribution in [3.8, 4) is 34.5 Å². The zero-order valence-electron chi connectivity index (χ0n) is 23.2. The second kappa shape index (κ2) is 13.3. The van der Waals surface area contributed by atoms with Crippen molar-refractivity contribution >= 4 is 44.5 Å². The Kier molecular flexibility index (Phi) is 9.60. The minimum Gasteiger partial charge on any atom is -0.493 e. The van der Waals surface area contributed by atoms with Crippen molar-refractivity contribution in [2.75, 3.05) is 40.4 Å². The van der Waals surface area contributed by atoms with Crippen LogP contribution in [0.2, 0.25) is 0 Å². The number of rotatable bonds is 12. The van der Waals surface area contributed by atoms with Crippen molar-refractivity contribution in [1.82, 2.24) is 4.98 Å². The molecule has 0 bridgehead atoms. The third kappa shape index (κ3) is 7.86. The number of halogens is 3. The molecule has 14 heteroatoms. The minimum absolute atomic E-state index is 0.168. The normalized spacial score (nSPS) is 11.3. The van der Waals surface area contributed by atoms with E-state index >= 15 is 0 Å². The number of amides is 1. The van der Waals surface area contributed by atoms with Crippen molar-refractivity contribution in [2.45, 2.75) is 6.36 Å². The van der Waals surface area contributed by atoms with Gasteiger partial charge in [0.2, 0.25) is 5.75 Å². The topological polar surface area (TPSA) is 114 Å². The number of anilines is 1. The van der Waals surface area contributed by atoms with Crippen molar-refractivity contribution in [3.63, 3.8) is 0 Å². The monoisotopic (exact) mass is 618 g/mol. The van der Waals surface area contributed by atoms with Gasteiger partial charge in [-0.15, -0.1) is 13.2 Å². The molecule has 0 aliphatic rings. The summed E-state index contributed by atoms with van der Waals surface area (Å²) < 4.78 is 68.8. The molecule has 4 aromatic rings. The van der Waals surface area contributed by atoms with Gasteiger partial charge in [0.15, 0.2) is 40.5 Å². The first-order valence-corrected chi connectivity index (χ1v) is 13.1. The highest BCUT2D eigenvalue weighted by molar-refractivity contribution is 7.22. The predicted molar refractivity (Wildman–Crippen MR) is 153 cm³/mol. The smallest absolute Gasteiger partial charge is 0.493 e. The number of ether oxygens (including phenoxy) is 6.